The molecule has 0 amide bonds. The number of nitrogens with one attached hydrogen (secondary N) is 1. The van der Waals surface area contributed by atoms with E-state index >= 15 is 0 Å². The van der Waals surface area contributed by atoms with Gasteiger partial charge in [0.05, 0.1) is 4.90 Å². The van der Waals surface area contributed by atoms with Gasteiger partial charge in [-0.25, -0.2) is 8.42 Å². The van der Waals surface area contributed by atoms with Crippen molar-refractivity contribution in [1.82, 2.24) is 4.13 Å². The van der Waals surface area contributed by atoms with Crippen LogP contribution in [0.1, 0.15) is 11.1 Å². The van der Waals surface area contributed by atoms with E-state index in [1.165, 1.54) is 0 Å². The zero-order chi connectivity index (χ0) is 14.8. The predicted octanol–water partition coefficient (Wildman–Crippen LogP) is 2.80. The first-order valence-electron chi connectivity index (χ1n) is 6.20. The lowest BCUT2D eigenvalue weighted by Crippen LogP contribution is -2.30. The molecule has 0 radical (unpaired) electrons. The molecule has 0 fully saturated rings. The Bertz CT molecular complexity index is 677. The van der Waals surface area contributed by atoms with E-state index in [0.717, 1.165) is 16.0 Å². The third kappa shape index (κ3) is 3.62. The van der Waals surface area contributed by atoms with Crippen molar-refractivity contribution >= 4 is 21.1 Å². The number of rotatable bonds is 4. The summed E-state index contributed by atoms with van der Waals surface area (Å²) < 4.78 is 27.3. The van der Waals surface area contributed by atoms with Crippen LogP contribution in [0.4, 0.5) is 0 Å². The lowest BCUT2D eigenvalue weighted by Gasteiger charge is -2.06. The minimum atomic E-state index is -3.47. The number of benzene rings is 2. The fourth-order valence-corrected chi connectivity index (χ4v) is 4.85. The summed E-state index contributed by atoms with van der Waals surface area (Å²) in [5, 5.41) is 0. The Morgan fingerprint density at radius 3 is 1.80 bits per heavy atom. The van der Waals surface area contributed by atoms with Crippen LogP contribution < -0.4 is 4.13 Å². The molecule has 1 atom stereocenters. The molecule has 0 aliphatic heterocycles. The maximum absolute atomic E-state index is 12.3. The molecule has 1 N–H and O–H groups in total. The molecule has 2 aromatic rings. The van der Waals surface area contributed by atoms with Crippen LogP contribution in [0.25, 0.3) is 0 Å². The van der Waals surface area contributed by atoms with Crippen molar-refractivity contribution in [2.45, 2.75) is 23.6 Å². The van der Waals surface area contributed by atoms with Crippen LogP contribution in [0.15, 0.2) is 58.3 Å². The maximum atomic E-state index is 12.3. The van der Waals surface area contributed by atoms with Gasteiger partial charge in [0.25, 0.3) is 10.0 Å². The van der Waals surface area contributed by atoms with Gasteiger partial charge < -0.3 is 0 Å². The van der Waals surface area contributed by atoms with Crippen LogP contribution >= 0.6 is 0 Å². The molecule has 0 aliphatic rings. The van der Waals surface area contributed by atoms with Crippen LogP contribution in [0.3, 0.4) is 0 Å². The molecule has 0 bridgehead atoms. The normalized spacial score (nSPS) is 13.2. The molecule has 20 heavy (non-hydrogen) atoms. The van der Waals surface area contributed by atoms with Gasteiger partial charge in [-0.1, -0.05) is 35.4 Å². The van der Waals surface area contributed by atoms with Gasteiger partial charge in [-0.3, -0.25) is 0 Å². The molecule has 0 spiro atoms. The lowest BCUT2D eigenvalue weighted by atomic mass is 10.2. The quantitative estimate of drug-likeness (QED) is 0.883. The van der Waals surface area contributed by atoms with E-state index in [1.807, 2.05) is 44.4 Å². The fraction of sp³-hybridized carbons (Fsp3) is 0.200. The predicted molar refractivity (Wildman–Crippen MR) is 84.2 cm³/mol. The van der Waals surface area contributed by atoms with Crippen LogP contribution in [0.5, 0.6) is 0 Å². The first-order valence-corrected chi connectivity index (χ1v) is 9.32. The van der Waals surface area contributed by atoms with E-state index in [4.69, 9.17) is 0 Å². The summed E-state index contributed by atoms with van der Waals surface area (Å²) in [5.74, 6) is 0. The summed E-state index contributed by atoms with van der Waals surface area (Å²) in [6.45, 7) is 3.94. The zero-order valence-corrected chi connectivity index (χ0v) is 13.4. The van der Waals surface area contributed by atoms with E-state index in [-0.39, 0.29) is 0 Å². The highest BCUT2D eigenvalue weighted by Crippen LogP contribution is 2.15. The van der Waals surface area contributed by atoms with Crippen LogP contribution in [-0.2, 0) is 21.1 Å². The topological polar surface area (TPSA) is 46.2 Å². The lowest BCUT2D eigenvalue weighted by molar-refractivity contribution is 0.594. The zero-order valence-electron chi connectivity index (χ0n) is 11.8. The van der Waals surface area contributed by atoms with Gasteiger partial charge >= 0.3 is 0 Å². The Morgan fingerprint density at radius 1 is 0.850 bits per heavy atom. The molecule has 0 saturated carbocycles. The number of hydrogen-bond acceptors (Lipinski definition) is 2. The smallest absolute Gasteiger partial charge is 0.203 e. The van der Waals surface area contributed by atoms with Crippen molar-refractivity contribution in [3.63, 3.8) is 0 Å². The Balaban J connectivity index is 2.19. The minimum absolute atomic E-state index is 0.301. The molecule has 2 rings (SSSR count). The largest absolute Gasteiger partial charge is 0.279 e. The maximum Gasteiger partial charge on any atom is 0.279 e. The van der Waals surface area contributed by atoms with Crippen LogP contribution in [-0.4, -0.2) is 14.7 Å². The average Bonchev–Trinajstić information content (AvgIpc) is 2.39. The molecule has 2 aromatic carbocycles. The monoisotopic (exact) mass is 308 g/mol. The summed E-state index contributed by atoms with van der Waals surface area (Å²) in [5.41, 5.74) is 2.20. The van der Waals surface area contributed by atoms with E-state index < -0.39 is 21.1 Å². The van der Waals surface area contributed by atoms with Crippen molar-refractivity contribution in [2.24, 2.45) is 0 Å². The molecule has 0 aromatic heterocycles. The molecule has 1 unspecified atom stereocenters. The highest BCUT2D eigenvalue weighted by molar-refractivity contribution is 8.07. The van der Waals surface area contributed by atoms with Gasteiger partial charge in [-0.05, 0) is 42.2 Å². The highest BCUT2D eigenvalue weighted by atomic mass is 32.3. The SMILES string of the molecule is Cc1ccc([S+](C)NS(=O)(=O)c2ccc(C)cc2)cc1. The van der Waals surface area contributed by atoms with Gasteiger partial charge in [0.15, 0.2) is 4.90 Å². The summed E-state index contributed by atoms with van der Waals surface area (Å²) in [7, 11) is -3.47. The first-order chi connectivity index (χ1) is 9.38. The second-order valence-electron chi connectivity index (χ2n) is 4.72. The van der Waals surface area contributed by atoms with Gasteiger partial charge in [-0.2, -0.15) is 0 Å². The Kier molecular flexibility index (Phi) is 4.52. The summed E-state index contributed by atoms with van der Waals surface area (Å²) in [6.07, 6.45) is 1.87. The van der Waals surface area contributed by atoms with Crippen LogP contribution in [0, 0.1) is 13.8 Å². The summed E-state index contributed by atoms with van der Waals surface area (Å²) >= 11 is -0.555. The van der Waals surface area contributed by atoms with Gasteiger partial charge in [0.2, 0.25) is 0 Å². The van der Waals surface area contributed by atoms with E-state index in [9.17, 15) is 8.42 Å². The van der Waals surface area contributed by atoms with Gasteiger partial charge in [0, 0.05) is 0 Å². The average molecular weight is 308 g/mol. The minimum Gasteiger partial charge on any atom is -0.203 e. The molecular formula is C15H18NO2S2+. The van der Waals surface area contributed by atoms with Crippen LogP contribution in [0.2, 0.25) is 0 Å². The number of hydrogen-bond donors (Lipinski definition) is 1. The molecule has 5 heteroatoms. The molecular weight excluding hydrogens is 290 g/mol. The molecule has 0 heterocycles. The number of sulfonamides is 1. The van der Waals surface area contributed by atoms with Crippen molar-refractivity contribution in [3.05, 3.63) is 59.7 Å². The molecule has 0 aliphatic carbocycles. The van der Waals surface area contributed by atoms with Gasteiger partial charge in [-0.15, -0.1) is 0 Å². The molecule has 0 saturated heterocycles. The highest BCUT2D eigenvalue weighted by Gasteiger charge is 2.25. The Labute approximate surface area is 123 Å². The van der Waals surface area contributed by atoms with Crippen molar-refractivity contribution in [3.8, 4) is 0 Å². The summed E-state index contributed by atoms with van der Waals surface area (Å²) in [6, 6.07) is 14.7. The van der Waals surface area contributed by atoms with Gasteiger partial charge in [0.1, 0.15) is 17.3 Å². The molecule has 106 valence electrons. The van der Waals surface area contributed by atoms with E-state index in [0.29, 0.717) is 4.90 Å². The standard InChI is InChI=1S/C15H18NO2S2/c1-12-4-8-14(9-5-12)19(3)16-20(17,18)15-10-6-13(2)7-11-15/h4-11,16H,1-3H3/q+1. The second kappa shape index (κ2) is 5.99. The van der Waals surface area contributed by atoms with E-state index in [2.05, 4.69) is 4.13 Å². The Morgan fingerprint density at radius 2 is 1.30 bits per heavy atom. The van der Waals surface area contributed by atoms with Crippen molar-refractivity contribution < 1.29 is 8.42 Å². The van der Waals surface area contributed by atoms with Crippen molar-refractivity contribution in [2.75, 3.05) is 6.26 Å². The molecule has 3 nitrogen and oxygen atoms in total. The first kappa shape index (κ1) is 15.1. The number of aryl methyl sites for hydroxylation is 2. The fourth-order valence-electron chi connectivity index (χ4n) is 1.72. The second-order valence-corrected chi connectivity index (χ2v) is 8.36. The van der Waals surface area contributed by atoms with Crippen molar-refractivity contribution in [1.29, 1.82) is 0 Å². The van der Waals surface area contributed by atoms with E-state index in [1.54, 1.807) is 24.3 Å². The third-order valence-corrected chi connectivity index (χ3v) is 6.69. The summed E-state index contributed by atoms with van der Waals surface area (Å²) in [4.78, 5) is 1.28. The Hall–Kier alpha value is -1.30. The third-order valence-electron chi connectivity index (χ3n) is 2.94.